The Morgan fingerprint density at radius 2 is 2.20 bits per heavy atom. The van der Waals surface area contributed by atoms with Crippen molar-refractivity contribution in [2.24, 2.45) is 0 Å². The van der Waals surface area contributed by atoms with Crippen molar-refractivity contribution in [3.8, 4) is 0 Å². The normalized spacial score (nSPS) is 18.7. The first-order chi connectivity index (χ1) is 9.50. The van der Waals surface area contributed by atoms with E-state index in [1.165, 1.54) is 4.90 Å². The van der Waals surface area contributed by atoms with Gasteiger partial charge in [0.15, 0.2) is 6.04 Å². The number of aliphatic carboxylic acids is 1. The smallest absolute Gasteiger partial charge is 0.328 e. The Morgan fingerprint density at radius 3 is 2.75 bits per heavy atom. The van der Waals surface area contributed by atoms with Crippen LogP contribution >= 0.6 is 0 Å². The van der Waals surface area contributed by atoms with Gasteiger partial charge >= 0.3 is 5.97 Å². The predicted molar refractivity (Wildman–Crippen MR) is 71.8 cm³/mol. The first-order valence-electron chi connectivity index (χ1n) is 6.25. The van der Waals surface area contributed by atoms with Gasteiger partial charge in [0, 0.05) is 20.6 Å². The summed E-state index contributed by atoms with van der Waals surface area (Å²) in [6.07, 6.45) is 1.59. The van der Waals surface area contributed by atoms with Crippen molar-refractivity contribution in [1.82, 2.24) is 9.88 Å². The van der Waals surface area contributed by atoms with Gasteiger partial charge in [-0.2, -0.15) is 0 Å². The molecule has 7 nitrogen and oxygen atoms in total. The average molecular weight is 279 g/mol. The third kappa shape index (κ3) is 2.88. The van der Waals surface area contributed by atoms with Crippen LogP contribution in [0, 0.1) is 0 Å². The van der Waals surface area contributed by atoms with E-state index >= 15 is 0 Å². The van der Waals surface area contributed by atoms with E-state index < -0.39 is 12.0 Å². The molecule has 1 saturated heterocycles. The van der Waals surface area contributed by atoms with Gasteiger partial charge in [-0.3, -0.25) is 4.79 Å². The fourth-order valence-corrected chi connectivity index (χ4v) is 1.98. The number of carboxylic acid groups (broad SMARTS) is 1. The molecule has 0 bridgehead atoms. The lowest BCUT2D eigenvalue weighted by Crippen LogP contribution is -2.52. The number of carbonyl (C=O) groups is 2. The summed E-state index contributed by atoms with van der Waals surface area (Å²) in [5.74, 6) is -1.45. The summed E-state index contributed by atoms with van der Waals surface area (Å²) in [5, 5.41) is 9.12. The number of carbonyl (C=O) groups excluding carboxylic acids is 1. The largest absolute Gasteiger partial charge is 0.480 e. The van der Waals surface area contributed by atoms with Crippen molar-refractivity contribution in [3.05, 3.63) is 24.0 Å². The number of morpholine rings is 1. The second-order valence-electron chi connectivity index (χ2n) is 4.72. The molecule has 1 fully saturated rings. The van der Waals surface area contributed by atoms with Crippen LogP contribution < -0.4 is 4.90 Å². The number of rotatable bonds is 3. The molecule has 20 heavy (non-hydrogen) atoms. The minimum Gasteiger partial charge on any atom is -0.480 e. The van der Waals surface area contributed by atoms with E-state index in [1.54, 1.807) is 18.3 Å². The molecule has 1 N–H and O–H groups in total. The second-order valence-corrected chi connectivity index (χ2v) is 4.72. The fourth-order valence-electron chi connectivity index (χ4n) is 1.98. The number of pyridine rings is 1. The highest BCUT2D eigenvalue weighted by Gasteiger charge is 2.33. The fraction of sp³-hybridized carbons (Fsp3) is 0.462. The van der Waals surface area contributed by atoms with Crippen molar-refractivity contribution in [1.29, 1.82) is 0 Å². The molecular weight excluding hydrogens is 262 g/mol. The third-order valence-electron chi connectivity index (χ3n) is 3.16. The lowest BCUT2D eigenvalue weighted by atomic mass is 10.2. The molecule has 1 amide bonds. The Hall–Kier alpha value is -2.15. The number of anilines is 1. The van der Waals surface area contributed by atoms with Gasteiger partial charge in [0.25, 0.3) is 5.91 Å². The van der Waals surface area contributed by atoms with Crippen molar-refractivity contribution >= 4 is 17.6 Å². The molecule has 1 aromatic heterocycles. The summed E-state index contributed by atoms with van der Waals surface area (Å²) in [6.45, 7) is 0.606. The van der Waals surface area contributed by atoms with E-state index in [0.29, 0.717) is 6.61 Å². The highest BCUT2D eigenvalue weighted by Crippen LogP contribution is 2.14. The summed E-state index contributed by atoms with van der Waals surface area (Å²) in [6, 6.07) is 2.43. The van der Waals surface area contributed by atoms with Gasteiger partial charge in [-0.1, -0.05) is 0 Å². The first-order valence-corrected chi connectivity index (χ1v) is 6.25. The van der Waals surface area contributed by atoms with Crippen LogP contribution in [-0.4, -0.2) is 66.8 Å². The van der Waals surface area contributed by atoms with Gasteiger partial charge in [0.2, 0.25) is 0 Å². The predicted octanol–water partition coefficient (Wildman–Crippen LogP) is 0.0732. The van der Waals surface area contributed by atoms with Gasteiger partial charge < -0.3 is 19.6 Å². The molecular formula is C13H17N3O4. The Kier molecular flexibility index (Phi) is 4.19. The minimum atomic E-state index is -1.07. The standard InChI is InChI=1S/C13H17N3O4/c1-15(2)9-3-4-10(14-7-9)12(17)16-5-6-20-8-11(16)13(18)19/h3-4,7,11H,5-6,8H2,1-2H3,(H,18,19). The maximum absolute atomic E-state index is 12.3. The summed E-state index contributed by atoms with van der Waals surface area (Å²) < 4.78 is 5.11. The van der Waals surface area contributed by atoms with Crippen LogP contribution in [0.1, 0.15) is 10.5 Å². The van der Waals surface area contributed by atoms with Gasteiger partial charge in [0.05, 0.1) is 25.1 Å². The zero-order chi connectivity index (χ0) is 14.7. The van der Waals surface area contributed by atoms with Crippen LogP contribution in [0.15, 0.2) is 18.3 Å². The monoisotopic (exact) mass is 279 g/mol. The van der Waals surface area contributed by atoms with E-state index in [-0.39, 0.29) is 24.8 Å². The summed E-state index contributed by atoms with van der Waals surface area (Å²) in [4.78, 5) is 30.7. The minimum absolute atomic E-state index is 0.0108. The van der Waals surface area contributed by atoms with Gasteiger partial charge in [0.1, 0.15) is 5.69 Å². The molecule has 1 aliphatic heterocycles. The zero-order valence-corrected chi connectivity index (χ0v) is 11.4. The number of hydrogen-bond acceptors (Lipinski definition) is 5. The summed E-state index contributed by atoms with van der Waals surface area (Å²) in [5.41, 5.74) is 1.11. The Morgan fingerprint density at radius 1 is 1.45 bits per heavy atom. The maximum atomic E-state index is 12.3. The van der Waals surface area contributed by atoms with Gasteiger partial charge in [-0.25, -0.2) is 9.78 Å². The summed E-state index contributed by atoms with van der Waals surface area (Å²) >= 11 is 0. The van der Waals surface area contributed by atoms with Crippen molar-refractivity contribution in [2.45, 2.75) is 6.04 Å². The van der Waals surface area contributed by atoms with Crippen LogP contribution in [0.3, 0.4) is 0 Å². The molecule has 2 heterocycles. The topological polar surface area (TPSA) is 83.0 Å². The number of amides is 1. The Labute approximate surface area is 116 Å². The van der Waals surface area contributed by atoms with Crippen molar-refractivity contribution in [2.75, 3.05) is 38.8 Å². The van der Waals surface area contributed by atoms with E-state index in [0.717, 1.165) is 5.69 Å². The van der Waals surface area contributed by atoms with Crippen LogP contribution in [0.25, 0.3) is 0 Å². The molecule has 1 aromatic rings. The van der Waals surface area contributed by atoms with Gasteiger partial charge in [-0.15, -0.1) is 0 Å². The number of ether oxygens (including phenoxy) is 1. The van der Waals surface area contributed by atoms with Crippen molar-refractivity contribution in [3.63, 3.8) is 0 Å². The van der Waals surface area contributed by atoms with E-state index in [1.807, 2.05) is 19.0 Å². The molecule has 0 aromatic carbocycles. The molecule has 108 valence electrons. The molecule has 0 saturated carbocycles. The highest BCUT2D eigenvalue weighted by atomic mass is 16.5. The second kappa shape index (κ2) is 5.87. The Bertz CT molecular complexity index is 501. The quantitative estimate of drug-likeness (QED) is 0.843. The van der Waals surface area contributed by atoms with E-state index in [4.69, 9.17) is 9.84 Å². The van der Waals surface area contributed by atoms with Crippen molar-refractivity contribution < 1.29 is 19.4 Å². The molecule has 1 unspecified atom stereocenters. The molecule has 1 atom stereocenters. The van der Waals surface area contributed by atoms with Crippen LogP contribution in [0.2, 0.25) is 0 Å². The number of carboxylic acids is 1. The molecule has 0 spiro atoms. The van der Waals surface area contributed by atoms with Crippen LogP contribution in [0.4, 0.5) is 5.69 Å². The molecule has 2 rings (SSSR count). The average Bonchev–Trinajstić information content (AvgIpc) is 2.46. The lowest BCUT2D eigenvalue weighted by molar-refractivity contribution is -0.147. The van der Waals surface area contributed by atoms with Crippen LogP contribution in [0.5, 0.6) is 0 Å². The first kappa shape index (κ1) is 14.3. The molecule has 0 aliphatic carbocycles. The third-order valence-corrected chi connectivity index (χ3v) is 3.16. The highest BCUT2D eigenvalue weighted by molar-refractivity contribution is 5.95. The SMILES string of the molecule is CN(C)c1ccc(C(=O)N2CCOCC2C(=O)O)nc1. The maximum Gasteiger partial charge on any atom is 0.328 e. The lowest BCUT2D eigenvalue weighted by Gasteiger charge is -2.32. The molecule has 7 heteroatoms. The Balaban J connectivity index is 2.18. The number of nitrogens with zero attached hydrogens (tertiary/aromatic N) is 3. The van der Waals surface area contributed by atoms with E-state index in [2.05, 4.69) is 4.98 Å². The number of aromatic nitrogens is 1. The molecule has 1 aliphatic rings. The van der Waals surface area contributed by atoms with Gasteiger partial charge in [-0.05, 0) is 12.1 Å². The van der Waals surface area contributed by atoms with Crippen LogP contribution in [-0.2, 0) is 9.53 Å². The number of hydrogen-bond donors (Lipinski definition) is 1. The molecule has 0 radical (unpaired) electrons. The summed E-state index contributed by atoms with van der Waals surface area (Å²) in [7, 11) is 3.75. The van der Waals surface area contributed by atoms with E-state index in [9.17, 15) is 9.59 Å². The zero-order valence-electron chi connectivity index (χ0n) is 11.4.